The van der Waals surface area contributed by atoms with Crippen LogP contribution in [-0.4, -0.2) is 38.2 Å². The van der Waals surface area contributed by atoms with E-state index in [1.54, 1.807) is 34.2 Å². The molecule has 0 fully saturated rings. The fourth-order valence-electron chi connectivity index (χ4n) is 2.36. The van der Waals surface area contributed by atoms with Crippen LogP contribution < -0.4 is 14.8 Å². The zero-order valence-corrected chi connectivity index (χ0v) is 15.4. The Balaban J connectivity index is 1.39. The Morgan fingerprint density at radius 3 is 3.12 bits per heavy atom. The summed E-state index contributed by atoms with van der Waals surface area (Å²) in [6.07, 6.45) is 0. The number of benzene rings is 1. The monoisotopic (exact) mass is 389 g/mol. The Bertz CT molecular complexity index is 913. The number of tetrazole rings is 1. The summed E-state index contributed by atoms with van der Waals surface area (Å²) < 4.78 is 12.3. The summed E-state index contributed by atoms with van der Waals surface area (Å²) in [4.78, 5) is 13.6. The Kier molecular flexibility index (Phi) is 4.76. The number of anilines is 1. The summed E-state index contributed by atoms with van der Waals surface area (Å²) >= 11 is 2.95. The third-order valence-electron chi connectivity index (χ3n) is 3.68. The highest BCUT2D eigenvalue weighted by Gasteiger charge is 2.20. The predicted octanol–water partition coefficient (Wildman–Crippen LogP) is 2.63. The molecule has 134 valence electrons. The summed E-state index contributed by atoms with van der Waals surface area (Å²) in [5, 5.41) is 16.9. The summed E-state index contributed by atoms with van der Waals surface area (Å²) in [6, 6.07) is 9.31. The van der Waals surface area contributed by atoms with Gasteiger partial charge < -0.3 is 14.8 Å². The molecule has 3 heterocycles. The molecule has 1 amide bonds. The van der Waals surface area contributed by atoms with E-state index >= 15 is 0 Å². The molecule has 1 N–H and O–H groups in total. The molecule has 0 unspecified atom stereocenters. The molecular weight excluding hydrogens is 374 g/mol. The van der Waals surface area contributed by atoms with Gasteiger partial charge in [-0.25, -0.2) is 4.68 Å². The number of carbonyl (C=O) groups is 1. The van der Waals surface area contributed by atoms with Crippen LogP contribution in [0.15, 0.2) is 40.9 Å². The van der Waals surface area contributed by atoms with Gasteiger partial charge in [-0.3, -0.25) is 4.79 Å². The number of thiophene rings is 1. The summed E-state index contributed by atoms with van der Waals surface area (Å²) in [7, 11) is 0. The second-order valence-electron chi connectivity index (χ2n) is 5.52. The van der Waals surface area contributed by atoms with Crippen LogP contribution in [0.1, 0.15) is 11.8 Å². The van der Waals surface area contributed by atoms with Gasteiger partial charge in [0.2, 0.25) is 17.9 Å². The third-order valence-corrected chi connectivity index (χ3v) is 5.61. The minimum Gasteiger partial charge on any atom is -0.454 e. The van der Waals surface area contributed by atoms with Gasteiger partial charge >= 0.3 is 0 Å². The Labute approximate surface area is 157 Å². The smallest absolute Gasteiger partial charge is 0.237 e. The Morgan fingerprint density at radius 2 is 2.27 bits per heavy atom. The van der Waals surface area contributed by atoms with Gasteiger partial charge in [0.1, 0.15) is 0 Å². The Hall–Kier alpha value is -2.59. The molecule has 0 saturated heterocycles. The van der Waals surface area contributed by atoms with E-state index in [0.717, 1.165) is 4.88 Å². The highest BCUT2D eigenvalue weighted by atomic mass is 32.2. The van der Waals surface area contributed by atoms with Crippen molar-refractivity contribution in [3.05, 3.63) is 40.6 Å². The number of thioether (sulfide) groups is 1. The van der Waals surface area contributed by atoms with Crippen molar-refractivity contribution in [3.8, 4) is 11.5 Å². The van der Waals surface area contributed by atoms with Gasteiger partial charge in [0.15, 0.2) is 11.5 Å². The predicted molar refractivity (Wildman–Crippen MR) is 97.8 cm³/mol. The van der Waals surface area contributed by atoms with Crippen molar-refractivity contribution in [2.45, 2.75) is 23.9 Å². The molecule has 1 aliphatic rings. The van der Waals surface area contributed by atoms with E-state index in [0.29, 0.717) is 28.9 Å². The lowest BCUT2D eigenvalue weighted by atomic mass is 10.2. The van der Waals surface area contributed by atoms with Crippen molar-refractivity contribution in [1.82, 2.24) is 20.2 Å². The number of rotatable bonds is 6. The molecule has 0 bridgehead atoms. The molecular formula is C16H15N5O3S2. The van der Waals surface area contributed by atoms with Crippen LogP contribution >= 0.6 is 23.1 Å². The summed E-state index contributed by atoms with van der Waals surface area (Å²) in [6.45, 7) is 2.60. The van der Waals surface area contributed by atoms with Gasteiger partial charge in [0.05, 0.1) is 11.8 Å². The summed E-state index contributed by atoms with van der Waals surface area (Å²) in [5.74, 6) is 1.17. The number of carbonyl (C=O) groups excluding carboxylic acids is 1. The first-order valence-corrected chi connectivity index (χ1v) is 9.61. The van der Waals surface area contributed by atoms with Crippen LogP contribution in [0.5, 0.6) is 11.5 Å². The van der Waals surface area contributed by atoms with Gasteiger partial charge in [-0.1, -0.05) is 17.8 Å². The molecule has 1 atom stereocenters. The normalized spacial score (nSPS) is 13.6. The quantitative estimate of drug-likeness (QED) is 0.648. The molecule has 0 radical (unpaired) electrons. The van der Waals surface area contributed by atoms with Crippen LogP contribution in [-0.2, 0) is 11.3 Å². The van der Waals surface area contributed by atoms with Crippen molar-refractivity contribution in [3.63, 3.8) is 0 Å². The molecule has 1 aliphatic heterocycles. The maximum absolute atomic E-state index is 12.5. The molecule has 3 aromatic rings. The van der Waals surface area contributed by atoms with Crippen LogP contribution in [0.3, 0.4) is 0 Å². The van der Waals surface area contributed by atoms with Crippen LogP contribution in [0.25, 0.3) is 0 Å². The first-order valence-electron chi connectivity index (χ1n) is 7.85. The van der Waals surface area contributed by atoms with E-state index in [-0.39, 0.29) is 18.0 Å². The van der Waals surface area contributed by atoms with E-state index in [2.05, 4.69) is 20.8 Å². The molecule has 0 spiro atoms. The van der Waals surface area contributed by atoms with Gasteiger partial charge in [0, 0.05) is 16.6 Å². The number of nitrogens with one attached hydrogen (secondary N) is 1. The lowest BCUT2D eigenvalue weighted by molar-refractivity contribution is -0.115. The van der Waals surface area contributed by atoms with Gasteiger partial charge in [-0.05, 0) is 40.9 Å². The second-order valence-corrected chi connectivity index (χ2v) is 7.86. The molecule has 0 aliphatic carbocycles. The number of fused-ring (bicyclic) bond motifs is 1. The molecule has 1 aromatic carbocycles. The average Bonchev–Trinajstić information content (AvgIpc) is 3.37. The molecule has 0 saturated carbocycles. The largest absolute Gasteiger partial charge is 0.454 e. The van der Waals surface area contributed by atoms with Gasteiger partial charge in [-0.2, -0.15) is 0 Å². The standard InChI is InChI=1S/C16H15N5O3S2/c1-10(15(22)17-11-4-5-13-14(7-11)24-9-23-13)26-16-18-19-20-21(16)8-12-3-2-6-25-12/h2-7,10H,8-9H2,1H3,(H,17,22)/t10-/m0/s1. The minimum atomic E-state index is -0.367. The van der Waals surface area contributed by atoms with Gasteiger partial charge in [-0.15, -0.1) is 16.4 Å². The van der Waals surface area contributed by atoms with E-state index in [4.69, 9.17) is 9.47 Å². The van der Waals surface area contributed by atoms with Crippen LogP contribution in [0.4, 0.5) is 5.69 Å². The number of aromatic nitrogens is 4. The highest BCUT2D eigenvalue weighted by Crippen LogP contribution is 2.34. The van der Waals surface area contributed by atoms with Crippen molar-refractivity contribution in [2.24, 2.45) is 0 Å². The van der Waals surface area contributed by atoms with E-state index in [1.807, 2.05) is 24.4 Å². The molecule has 8 nitrogen and oxygen atoms in total. The highest BCUT2D eigenvalue weighted by molar-refractivity contribution is 8.00. The van der Waals surface area contributed by atoms with Crippen molar-refractivity contribution in [1.29, 1.82) is 0 Å². The molecule has 10 heteroatoms. The fraction of sp³-hybridized carbons (Fsp3) is 0.250. The topological polar surface area (TPSA) is 91.2 Å². The summed E-state index contributed by atoms with van der Waals surface area (Å²) in [5.41, 5.74) is 0.657. The maximum atomic E-state index is 12.5. The third kappa shape index (κ3) is 3.65. The molecule has 4 rings (SSSR count). The minimum absolute atomic E-state index is 0.139. The van der Waals surface area contributed by atoms with Crippen molar-refractivity contribution >= 4 is 34.7 Å². The Morgan fingerprint density at radius 1 is 1.38 bits per heavy atom. The number of hydrogen-bond acceptors (Lipinski definition) is 8. The number of hydrogen-bond donors (Lipinski definition) is 1. The average molecular weight is 389 g/mol. The second kappa shape index (κ2) is 7.34. The molecule has 26 heavy (non-hydrogen) atoms. The zero-order valence-electron chi connectivity index (χ0n) is 13.8. The number of amides is 1. The number of ether oxygens (including phenoxy) is 2. The maximum Gasteiger partial charge on any atom is 0.237 e. The zero-order chi connectivity index (χ0) is 17.9. The van der Waals surface area contributed by atoms with E-state index in [1.165, 1.54) is 11.8 Å². The number of nitrogens with zero attached hydrogens (tertiary/aromatic N) is 4. The fourth-order valence-corrected chi connectivity index (χ4v) is 3.83. The van der Waals surface area contributed by atoms with Gasteiger partial charge in [0.25, 0.3) is 0 Å². The lowest BCUT2D eigenvalue weighted by Gasteiger charge is -2.12. The van der Waals surface area contributed by atoms with Crippen LogP contribution in [0, 0.1) is 0 Å². The lowest BCUT2D eigenvalue weighted by Crippen LogP contribution is -2.23. The SMILES string of the molecule is C[C@H](Sc1nnnn1Cc1cccs1)C(=O)Nc1ccc2c(c1)OCO2. The van der Waals surface area contributed by atoms with Crippen molar-refractivity contribution in [2.75, 3.05) is 12.1 Å². The molecule has 2 aromatic heterocycles. The van der Waals surface area contributed by atoms with Crippen molar-refractivity contribution < 1.29 is 14.3 Å². The van der Waals surface area contributed by atoms with Crippen LogP contribution in [0.2, 0.25) is 0 Å². The first-order chi connectivity index (χ1) is 12.7. The van der Waals surface area contributed by atoms with E-state index < -0.39 is 0 Å². The van der Waals surface area contributed by atoms with E-state index in [9.17, 15) is 4.79 Å². The first kappa shape index (κ1) is 16.9.